The molecule has 0 saturated heterocycles. The molecule has 0 spiro atoms. The summed E-state index contributed by atoms with van der Waals surface area (Å²) < 4.78 is 11.2. The van der Waals surface area contributed by atoms with Crippen molar-refractivity contribution in [2.45, 2.75) is 26.2 Å². The summed E-state index contributed by atoms with van der Waals surface area (Å²) >= 11 is 12.2. The number of rotatable bonds is 8. The summed E-state index contributed by atoms with van der Waals surface area (Å²) in [6, 6.07) is 11.1. The third-order valence-electron chi connectivity index (χ3n) is 3.35. The van der Waals surface area contributed by atoms with Crippen LogP contribution in [-0.4, -0.2) is 24.9 Å². The van der Waals surface area contributed by atoms with Gasteiger partial charge in [-0.05, 0) is 42.3 Å². The Bertz CT molecular complexity index is 660. The van der Waals surface area contributed by atoms with Crippen molar-refractivity contribution in [2.24, 2.45) is 0 Å². The van der Waals surface area contributed by atoms with E-state index in [2.05, 4.69) is 5.32 Å². The van der Waals surface area contributed by atoms with E-state index in [1.807, 2.05) is 36.4 Å². The quantitative estimate of drug-likeness (QED) is 0.736. The normalized spacial score (nSPS) is 12.0. The number of hydrogen-bond acceptors (Lipinski definition) is 4. The van der Waals surface area contributed by atoms with Crippen LogP contribution in [0, 0.1) is 0 Å². The van der Waals surface area contributed by atoms with Crippen LogP contribution in [0.4, 0.5) is 0 Å². The molecular formula is C18H21Cl2NO3. The zero-order valence-electron chi connectivity index (χ0n) is 13.7. The van der Waals surface area contributed by atoms with Crippen LogP contribution >= 0.6 is 23.2 Å². The summed E-state index contributed by atoms with van der Waals surface area (Å²) in [5.41, 5.74) is 1.94. The molecule has 0 bridgehead atoms. The Morgan fingerprint density at radius 1 is 1.12 bits per heavy atom. The van der Waals surface area contributed by atoms with Gasteiger partial charge >= 0.3 is 0 Å². The third-order valence-corrected chi connectivity index (χ3v) is 3.89. The number of nitrogens with one attached hydrogen (secondary N) is 1. The van der Waals surface area contributed by atoms with Crippen LogP contribution in [0.1, 0.15) is 18.1 Å². The van der Waals surface area contributed by atoms with Gasteiger partial charge in [0.05, 0.1) is 18.2 Å². The summed E-state index contributed by atoms with van der Waals surface area (Å²) in [5.74, 6) is 1.08. The van der Waals surface area contributed by atoms with Gasteiger partial charge in [0.25, 0.3) is 0 Å². The molecule has 0 aliphatic carbocycles. The summed E-state index contributed by atoms with van der Waals surface area (Å²) in [5, 5.41) is 13.6. The molecule has 0 aromatic heterocycles. The maximum atomic E-state index is 9.28. The van der Waals surface area contributed by atoms with E-state index in [1.165, 1.54) is 0 Å². The highest BCUT2D eigenvalue weighted by Crippen LogP contribution is 2.37. The largest absolute Gasteiger partial charge is 0.493 e. The van der Waals surface area contributed by atoms with Gasteiger partial charge in [-0.15, -0.1) is 0 Å². The lowest BCUT2D eigenvalue weighted by Gasteiger charge is -2.15. The molecule has 0 radical (unpaired) electrons. The minimum Gasteiger partial charge on any atom is -0.493 e. The van der Waals surface area contributed by atoms with Crippen molar-refractivity contribution in [3.8, 4) is 11.5 Å². The van der Waals surface area contributed by atoms with E-state index in [1.54, 1.807) is 14.0 Å². The Morgan fingerprint density at radius 3 is 2.46 bits per heavy atom. The first-order chi connectivity index (χ1) is 11.5. The molecule has 130 valence electrons. The van der Waals surface area contributed by atoms with Crippen LogP contribution in [0.25, 0.3) is 0 Å². The number of benzene rings is 2. The van der Waals surface area contributed by atoms with E-state index in [4.69, 9.17) is 32.7 Å². The third kappa shape index (κ3) is 5.56. The van der Waals surface area contributed by atoms with Gasteiger partial charge < -0.3 is 19.9 Å². The molecule has 0 amide bonds. The second kappa shape index (κ2) is 9.14. The molecule has 2 aromatic rings. The van der Waals surface area contributed by atoms with Gasteiger partial charge in [0, 0.05) is 18.1 Å². The van der Waals surface area contributed by atoms with Gasteiger partial charge in [-0.3, -0.25) is 0 Å². The molecule has 1 unspecified atom stereocenters. The van der Waals surface area contributed by atoms with Gasteiger partial charge in [0.15, 0.2) is 11.5 Å². The van der Waals surface area contributed by atoms with Gasteiger partial charge in [0.1, 0.15) is 6.61 Å². The zero-order valence-corrected chi connectivity index (χ0v) is 15.2. The minimum atomic E-state index is -0.399. The van der Waals surface area contributed by atoms with Crippen molar-refractivity contribution >= 4 is 23.2 Å². The Morgan fingerprint density at radius 2 is 1.83 bits per heavy atom. The van der Waals surface area contributed by atoms with E-state index >= 15 is 0 Å². The highest BCUT2D eigenvalue weighted by molar-refractivity contribution is 6.32. The second-order valence-corrected chi connectivity index (χ2v) is 6.35. The van der Waals surface area contributed by atoms with Crippen LogP contribution in [0.15, 0.2) is 36.4 Å². The van der Waals surface area contributed by atoms with Crippen molar-refractivity contribution in [3.05, 3.63) is 57.6 Å². The number of hydrogen-bond donors (Lipinski definition) is 2. The first-order valence-electron chi connectivity index (χ1n) is 7.62. The molecule has 2 rings (SSSR count). The average Bonchev–Trinajstić information content (AvgIpc) is 2.54. The zero-order chi connectivity index (χ0) is 17.5. The fourth-order valence-electron chi connectivity index (χ4n) is 2.18. The number of aliphatic hydroxyl groups is 1. The highest BCUT2D eigenvalue weighted by atomic mass is 35.5. The van der Waals surface area contributed by atoms with Gasteiger partial charge in [-0.1, -0.05) is 35.3 Å². The van der Waals surface area contributed by atoms with E-state index in [0.29, 0.717) is 41.2 Å². The number of methoxy groups -OCH3 is 1. The predicted molar refractivity (Wildman–Crippen MR) is 97.2 cm³/mol. The predicted octanol–water partition coefficient (Wildman–Crippen LogP) is 4.05. The van der Waals surface area contributed by atoms with E-state index in [9.17, 15) is 5.11 Å². The van der Waals surface area contributed by atoms with Crippen LogP contribution < -0.4 is 14.8 Å². The molecule has 0 aliphatic rings. The van der Waals surface area contributed by atoms with Crippen molar-refractivity contribution in [1.82, 2.24) is 5.32 Å². The van der Waals surface area contributed by atoms with Crippen molar-refractivity contribution in [3.63, 3.8) is 0 Å². The van der Waals surface area contributed by atoms with Crippen molar-refractivity contribution in [1.29, 1.82) is 0 Å². The van der Waals surface area contributed by atoms with E-state index < -0.39 is 6.10 Å². The first-order valence-corrected chi connectivity index (χ1v) is 8.37. The highest BCUT2D eigenvalue weighted by Gasteiger charge is 2.12. The van der Waals surface area contributed by atoms with Crippen molar-refractivity contribution in [2.75, 3.05) is 13.7 Å². The molecule has 4 nitrogen and oxygen atoms in total. The van der Waals surface area contributed by atoms with E-state index in [-0.39, 0.29) is 0 Å². The average molecular weight is 370 g/mol. The van der Waals surface area contributed by atoms with E-state index in [0.717, 1.165) is 11.1 Å². The maximum Gasteiger partial charge on any atom is 0.180 e. The number of ether oxygens (including phenoxy) is 2. The van der Waals surface area contributed by atoms with Gasteiger partial charge in [0.2, 0.25) is 0 Å². The molecule has 2 N–H and O–H groups in total. The fraction of sp³-hybridized carbons (Fsp3) is 0.333. The fourth-order valence-corrected chi connectivity index (χ4v) is 2.59. The van der Waals surface area contributed by atoms with Crippen LogP contribution in [0.3, 0.4) is 0 Å². The van der Waals surface area contributed by atoms with Gasteiger partial charge in [-0.25, -0.2) is 0 Å². The Balaban J connectivity index is 2.07. The molecule has 1 atom stereocenters. The molecule has 0 fully saturated rings. The van der Waals surface area contributed by atoms with Crippen LogP contribution in [-0.2, 0) is 13.2 Å². The van der Waals surface area contributed by atoms with Crippen molar-refractivity contribution < 1.29 is 14.6 Å². The minimum absolute atomic E-state index is 0.368. The van der Waals surface area contributed by atoms with Crippen LogP contribution in [0.5, 0.6) is 11.5 Å². The Kier molecular flexibility index (Phi) is 7.18. The summed E-state index contributed by atoms with van der Waals surface area (Å²) in [6.45, 7) is 3.19. The first kappa shape index (κ1) is 18.9. The molecule has 0 aliphatic heterocycles. The molecular weight excluding hydrogens is 349 g/mol. The maximum absolute atomic E-state index is 9.28. The van der Waals surface area contributed by atoms with Gasteiger partial charge in [-0.2, -0.15) is 0 Å². The molecule has 0 saturated carbocycles. The second-order valence-electron chi connectivity index (χ2n) is 5.50. The molecule has 2 aromatic carbocycles. The lowest BCUT2D eigenvalue weighted by Crippen LogP contribution is -2.23. The number of halogens is 2. The lowest BCUT2D eigenvalue weighted by atomic mass is 10.2. The molecule has 24 heavy (non-hydrogen) atoms. The lowest BCUT2D eigenvalue weighted by molar-refractivity contribution is 0.191. The Hall–Kier alpha value is -1.46. The monoisotopic (exact) mass is 369 g/mol. The summed E-state index contributed by atoms with van der Waals surface area (Å²) in [4.78, 5) is 0. The number of aliphatic hydroxyl groups excluding tert-OH is 1. The molecule has 6 heteroatoms. The Labute approximate surface area is 152 Å². The SMILES string of the molecule is COc1cc(CNCC(C)O)cc(Cl)c1OCc1ccc(Cl)cc1. The topological polar surface area (TPSA) is 50.7 Å². The van der Waals surface area contributed by atoms with Crippen LogP contribution in [0.2, 0.25) is 10.0 Å². The smallest absolute Gasteiger partial charge is 0.180 e. The summed E-state index contributed by atoms with van der Waals surface area (Å²) in [7, 11) is 1.58. The summed E-state index contributed by atoms with van der Waals surface area (Å²) in [6.07, 6.45) is -0.399. The molecule has 0 heterocycles. The standard InChI is InChI=1S/C18H21Cl2NO3/c1-12(22)9-21-10-14-7-16(20)18(17(8-14)23-2)24-11-13-3-5-15(19)6-4-13/h3-8,12,21-22H,9-11H2,1-2H3.